The third-order valence-electron chi connectivity index (χ3n) is 11.7. The molecule has 0 aromatic carbocycles. The Hall–Kier alpha value is -1.38. The molecule has 0 radical (unpaired) electrons. The minimum Gasteiger partial charge on any atom is -0.478 e. The van der Waals surface area contributed by atoms with E-state index in [9.17, 15) is 9.59 Å². The number of Topliss-reactive ketones (excluding diaryl/α,β-unsaturated/α-hetero) is 1. The molecule has 7 atom stereocenters. The van der Waals surface area contributed by atoms with E-state index in [1.54, 1.807) is 12.5 Å². The number of rotatable bonds is 5. The van der Waals surface area contributed by atoms with Gasteiger partial charge in [-0.3, -0.25) is 4.79 Å². The highest BCUT2D eigenvalue weighted by Gasteiger charge is 2.65. The van der Waals surface area contributed by atoms with Crippen LogP contribution in [0.2, 0.25) is 0 Å². The lowest BCUT2D eigenvalue weighted by molar-refractivity contribution is -0.146. The molecule has 3 nitrogen and oxygen atoms in total. The standard InChI is InChI=1S/C30H46O3/c1-19(9-8-10-20(2)26(32)33)21-13-17-30(7)23-11-12-24-27(3,4)25(31)15-16-28(24,5)22(23)14-18-29(21,30)6/h10-11,19,21-22,24H,8-9,12-18H2,1-7H3,(H,32,33)/b20-10+/t19-,21-,22-,24+,28-,29-,30+/m1/s1. The molecule has 1 N–H and O–H groups in total. The lowest BCUT2D eigenvalue weighted by Crippen LogP contribution is -2.57. The number of allylic oxidation sites excluding steroid dienone is 3. The summed E-state index contributed by atoms with van der Waals surface area (Å²) in [7, 11) is 0. The zero-order valence-electron chi connectivity index (χ0n) is 22.1. The van der Waals surface area contributed by atoms with Crippen LogP contribution in [0.5, 0.6) is 0 Å². The minimum absolute atomic E-state index is 0.203. The van der Waals surface area contributed by atoms with Crippen LogP contribution in [0.1, 0.15) is 106 Å². The van der Waals surface area contributed by atoms with Crippen molar-refractivity contribution < 1.29 is 14.7 Å². The largest absolute Gasteiger partial charge is 0.478 e. The number of carboxylic acid groups (broad SMARTS) is 1. The first kappa shape index (κ1) is 24.7. The maximum atomic E-state index is 12.8. The average Bonchev–Trinajstić information content (AvgIpc) is 3.02. The summed E-state index contributed by atoms with van der Waals surface area (Å²) in [6.07, 6.45) is 14.4. The molecule has 0 aromatic rings. The molecule has 33 heavy (non-hydrogen) atoms. The van der Waals surface area contributed by atoms with E-state index >= 15 is 0 Å². The van der Waals surface area contributed by atoms with E-state index in [0.717, 1.165) is 32.1 Å². The molecule has 4 rings (SSSR count). The van der Waals surface area contributed by atoms with Gasteiger partial charge >= 0.3 is 5.97 Å². The number of fused-ring (bicyclic) bond motifs is 5. The van der Waals surface area contributed by atoms with Crippen LogP contribution in [0.25, 0.3) is 0 Å². The van der Waals surface area contributed by atoms with E-state index in [-0.39, 0.29) is 16.2 Å². The third-order valence-corrected chi connectivity index (χ3v) is 11.7. The van der Waals surface area contributed by atoms with Crippen LogP contribution in [0, 0.1) is 45.3 Å². The molecule has 0 amide bonds. The molecule has 3 saturated carbocycles. The number of ketones is 1. The molecule has 4 aliphatic carbocycles. The molecule has 3 heteroatoms. The second-order valence-corrected chi connectivity index (χ2v) is 13.3. The van der Waals surface area contributed by atoms with Crippen molar-refractivity contribution >= 4 is 11.8 Å². The van der Waals surface area contributed by atoms with Crippen molar-refractivity contribution in [1.29, 1.82) is 0 Å². The van der Waals surface area contributed by atoms with E-state index in [2.05, 4.69) is 47.6 Å². The molecular weight excluding hydrogens is 408 g/mol. The fraction of sp³-hybridized carbons (Fsp3) is 0.800. The van der Waals surface area contributed by atoms with Crippen molar-refractivity contribution in [2.75, 3.05) is 0 Å². The molecule has 0 aromatic heterocycles. The summed E-state index contributed by atoms with van der Waals surface area (Å²) in [5.74, 6) is 2.05. The first-order valence-corrected chi connectivity index (χ1v) is 13.4. The Labute approximate surface area is 201 Å². The van der Waals surface area contributed by atoms with Crippen LogP contribution in [0.3, 0.4) is 0 Å². The number of carbonyl (C=O) groups excluding carboxylic acids is 1. The van der Waals surface area contributed by atoms with Gasteiger partial charge in [0.25, 0.3) is 0 Å². The molecule has 4 aliphatic rings. The van der Waals surface area contributed by atoms with Crippen LogP contribution < -0.4 is 0 Å². The monoisotopic (exact) mass is 454 g/mol. The van der Waals surface area contributed by atoms with Gasteiger partial charge in [-0.25, -0.2) is 4.79 Å². The number of carboxylic acids is 1. The SMILES string of the molecule is C/C(=C\CC[C@@H](C)[C@H]1CC[C@@]2(C)C3=CC[C@H]4C(C)(C)C(=O)CC[C@]4(C)[C@@H]3CC[C@]12C)C(=O)O. The highest BCUT2D eigenvalue weighted by Crippen LogP contribution is 2.73. The summed E-state index contributed by atoms with van der Waals surface area (Å²) >= 11 is 0. The Morgan fingerprint density at radius 3 is 2.52 bits per heavy atom. The molecule has 0 bridgehead atoms. The van der Waals surface area contributed by atoms with Crippen molar-refractivity contribution in [3.8, 4) is 0 Å². The van der Waals surface area contributed by atoms with Crippen molar-refractivity contribution in [2.45, 2.75) is 106 Å². The lowest BCUT2D eigenvalue weighted by Gasteiger charge is -2.63. The number of hydrogen-bond donors (Lipinski definition) is 1. The van der Waals surface area contributed by atoms with Gasteiger partial charge in [-0.15, -0.1) is 0 Å². The Kier molecular flexibility index (Phi) is 6.07. The summed E-state index contributed by atoms with van der Waals surface area (Å²) in [6, 6.07) is 0. The van der Waals surface area contributed by atoms with Crippen molar-refractivity contribution in [3.05, 3.63) is 23.3 Å². The summed E-state index contributed by atoms with van der Waals surface area (Å²) in [5.41, 5.74) is 2.80. The van der Waals surface area contributed by atoms with Crippen LogP contribution in [0.15, 0.2) is 23.3 Å². The van der Waals surface area contributed by atoms with E-state index in [1.807, 2.05) is 6.08 Å². The van der Waals surface area contributed by atoms with Gasteiger partial charge in [0.1, 0.15) is 5.78 Å². The topological polar surface area (TPSA) is 54.4 Å². The van der Waals surface area contributed by atoms with Gasteiger partial charge in [0.15, 0.2) is 0 Å². The van der Waals surface area contributed by atoms with E-state index in [4.69, 9.17) is 5.11 Å². The molecule has 3 fully saturated rings. The average molecular weight is 455 g/mol. The predicted octanol–water partition coefficient (Wildman–Crippen LogP) is 7.61. The molecule has 184 valence electrons. The zero-order chi connectivity index (χ0) is 24.4. The van der Waals surface area contributed by atoms with Gasteiger partial charge in [-0.1, -0.05) is 59.3 Å². The smallest absolute Gasteiger partial charge is 0.330 e. The molecule has 0 heterocycles. The highest BCUT2D eigenvalue weighted by atomic mass is 16.4. The van der Waals surface area contributed by atoms with Gasteiger partial charge in [0.05, 0.1) is 0 Å². The Morgan fingerprint density at radius 1 is 1.15 bits per heavy atom. The van der Waals surface area contributed by atoms with Crippen LogP contribution in [0.4, 0.5) is 0 Å². The number of aliphatic carboxylic acids is 1. The normalized spacial score (nSPS) is 43.2. The maximum Gasteiger partial charge on any atom is 0.330 e. The minimum atomic E-state index is -0.801. The van der Waals surface area contributed by atoms with Gasteiger partial charge in [0, 0.05) is 17.4 Å². The zero-order valence-corrected chi connectivity index (χ0v) is 22.1. The first-order chi connectivity index (χ1) is 15.3. The van der Waals surface area contributed by atoms with E-state index in [0.29, 0.717) is 40.4 Å². The summed E-state index contributed by atoms with van der Waals surface area (Å²) in [6.45, 7) is 16.2. The van der Waals surface area contributed by atoms with Gasteiger partial charge in [-0.05, 0) is 98.2 Å². The van der Waals surface area contributed by atoms with Gasteiger partial charge in [0.2, 0.25) is 0 Å². The fourth-order valence-electron chi connectivity index (χ4n) is 9.32. The summed E-state index contributed by atoms with van der Waals surface area (Å²) in [4.78, 5) is 23.9. The Morgan fingerprint density at radius 2 is 1.85 bits per heavy atom. The van der Waals surface area contributed by atoms with Crippen molar-refractivity contribution in [1.82, 2.24) is 0 Å². The van der Waals surface area contributed by atoms with Crippen molar-refractivity contribution in [3.63, 3.8) is 0 Å². The van der Waals surface area contributed by atoms with Crippen LogP contribution >= 0.6 is 0 Å². The number of hydrogen-bond acceptors (Lipinski definition) is 2. The lowest BCUT2D eigenvalue weighted by atomic mass is 9.41. The van der Waals surface area contributed by atoms with Crippen LogP contribution in [-0.2, 0) is 9.59 Å². The highest BCUT2D eigenvalue weighted by molar-refractivity contribution is 5.86. The predicted molar refractivity (Wildman–Crippen MR) is 134 cm³/mol. The third kappa shape index (κ3) is 3.50. The molecule has 0 unspecified atom stereocenters. The van der Waals surface area contributed by atoms with E-state index < -0.39 is 5.97 Å². The first-order valence-electron chi connectivity index (χ1n) is 13.4. The number of carbonyl (C=O) groups is 2. The van der Waals surface area contributed by atoms with E-state index in [1.165, 1.54) is 25.7 Å². The van der Waals surface area contributed by atoms with Gasteiger partial charge < -0.3 is 5.11 Å². The Bertz CT molecular complexity index is 894. The second-order valence-electron chi connectivity index (χ2n) is 13.3. The molecule has 0 spiro atoms. The second kappa shape index (κ2) is 8.09. The van der Waals surface area contributed by atoms with Crippen molar-refractivity contribution in [2.24, 2.45) is 45.3 Å². The Balaban J connectivity index is 1.59. The van der Waals surface area contributed by atoms with Crippen LogP contribution in [-0.4, -0.2) is 16.9 Å². The summed E-state index contributed by atoms with van der Waals surface area (Å²) < 4.78 is 0. The van der Waals surface area contributed by atoms with Gasteiger partial charge in [-0.2, -0.15) is 0 Å². The molecule has 0 saturated heterocycles. The maximum absolute atomic E-state index is 12.8. The molecular formula is C30H46O3. The fourth-order valence-corrected chi connectivity index (χ4v) is 9.32. The molecule has 0 aliphatic heterocycles. The summed E-state index contributed by atoms with van der Waals surface area (Å²) in [5, 5.41) is 9.16. The quantitative estimate of drug-likeness (QED) is 0.343.